The van der Waals surface area contributed by atoms with Crippen molar-refractivity contribution in [2.45, 2.75) is 39.0 Å². The number of hydrogen-bond acceptors (Lipinski definition) is 0. The van der Waals surface area contributed by atoms with E-state index in [-0.39, 0.29) is 0 Å². The molecule has 6 rings (SSSR count). The molecule has 1 spiro atoms. The molecule has 2 aliphatic rings. The highest BCUT2D eigenvalue weighted by Gasteiger charge is 2.66. The zero-order valence-electron chi connectivity index (χ0n) is 18.3. The Kier molecular flexibility index (Phi) is 3.73. The standard InChI is InChI=1S/C28H28BP/c1-19(2)30(20(3)4)27-18-10-12-21-11-9-17-26(28(21)27)29(30)24-15-7-5-13-22(24)23-14-6-8-16-25(23)29/h5-20H,1-4H3. The summed E-state index contributed by atoms with van der Waals surface area (Å²) in [5, 5.41) is 4.64. The van der Waals surface area contributed by atoms with Crippen molar-refractivity contribution in [1.82, 2.24) is 0 Å². The van der Waals surface area contributed by atoms with E-state index in [1.165, 1.54) is 16.5 Å². The molecule has 0 nitrogen and oxygen atoms in total. The Morgan fingerprint density at radius 3 is 1.63 bits per heavy atom. The molecule has 0 bridgehead atoms. The zero-order chi connectivity index (χ0) is 20.7. The molecule has 0 aliphatic carbocycles. The quantitative estimate of drug-likeness (QED) is 0.315. The van der Waals surface area contributed by atoms with Crippen LogP contribution in [-0.4, -0.2) is 17.2 Å². The highest BCUT2D eigenvalue weighted by Crippen LogP contribution is 2.75. The van der Waals surface area contributed by atoms with Crippen LogP contribution >= 0.6 is 7.14 Å². The first-order valence-electron chi connectivity index (χ1n) is 11.3. The predicted molar refractivity (Wildman–Crippen MR) is 137 cm³/mol. The van der Waals surface area contributed by atoms with Crippen LogP contribution in [0.2, 0.25) is 0 Å². The summed E-state index contributed by atoms with van der Waals surface area (Å²) in [5.74, 6) is -1.02. The Morgan fingerprint density at radius 2 is 1.07 bits per heavy atom. The lowest BCUT2D eigenvalue weighted by molar-refractivity contribution is 1.01. The van der Waals surface area contributed by atoms with Crippen molar-refractivity contribution in [3.63, 3.8) is 0 Å². The molecule has 2 heteroatoms. The van der Waals surface area contributed by atoms with E-state index in [1.807, 2.05) is 0 Å². The first-order valence-corrected chi connectivity index (χ1v) is 13.3. The minimum atomic E-state index is -1.63. The van der Waals surface area contributed by atoms with Gasteiger partial charge in [0.2, 0.25) is 0 Å². The third-order valence-electron chi connectivity index (χ3n) is 8.24. The summed E-state index contributed by atoms with van der Waals surface area (Å²) in [6.07, 6.45) is 0. The van der Waals surface area contributed by atoms with Crippen LogP contribution in [0.25, 0.3) is 21.9 Å². The number of benzene rings is 4. The molecule has 0 amide bonds. The number of rotatable bonds is 2. The van der Waals surface area contributed by atoms with Gasteiger partial charge in [0, 0.05) is 11.3 Å². The van der Waals surface area contributed by atoms with Crippen LogP contribution in [-0.2, 0) is 0 Å². The van der Waals surface area contributed by atoms with E-state index in [0.29, 0.717) is 11.3 Å². The van der Waals surface area contributed by atoms with Gasteiger partial charge in [-0.3, -0.25) is 0 Å². The normalized spacial score (nSPS) is 17.1. The van der Waals surface area contributed by atoms with Crippen molar-refractivity contribution in [2.24, 2.45) is 0 Å². The smallest absolute Gasteiger partial charge is 0.149 e. The molecular weight excluding hydrogens is 378 g/mol. The monoisotopic (exact) mass is 406 g/mol. The molecule has 0 unspecified atom stereocenters. The molecular formula is C28H28BP. The van der Waals surface area contributed by atoms with Gasteiger partial charge in [0.05, 0.1) is 5.30 Å². The van der Waals surface area contributed by atoms with Gasteiger partial charge in [-0.15, -0.1) is 16.4 Å². The van der Waals surface area contributed by atoms with E-state index < -0.39 is 13.0 Å². The van der Waals surface area contributed by atoms with Gasteiger partial charge in [-0.2, -0.15) is 0 Å². The lowest BCUT2D eigenvalue weighted by Crippen LogP contribution is -2.67. The molecule has 0 atom stereocenters. The van der Waals surface area contributed by atoms with Crippen molar-refractivity contribution in [3.05, 3.63) is 84.9 Å². The van der Waals surface area contributed by atoms with Gasteiger partial charge >= 0.3 is 0 Å². The predicted octanol–water partition coefficient (Wildman–Crippen LogP) is 5.26. The Balaban J connectivity index is 1.93. The number of fused-ring (bicyclic) bond motifs is 6. The molecule has 0 saturated heterocycles. The molecule has 0 radical (unpaired) electrons. The van der Waals surface area contributed by atoms with Gasteiger partial charge in [-0.05, 0) is 44.5 Å². The van der Waals surface area contributed by atoms with Gasteiger partial charge in [0.15, 0.2) is 0 Å². The molecule has 4 aromatic rings. The second-order valence-electron chi connectivity index (χ2n) is 9.74. The van der Waals surface area contributed by atoms with Crippen molar-refractivity contribution in [2.75, 3.05) is 0 Å². The Labute approximate surface area is 180 Å². The van der Waals surface area contributed by atoms with Gasteiger partial charge in [0.25, 0.3) is 5.87 Å². The highest BCUT2D eigenvalue weighted by atomic mass is 31.2. The topological polar surface area (TPSA) is 0 Å². The first-order chi connectivity index (χ1) is 14.6. The third kappa shape index (κ3) is 1.81. The van der Waals surface area contributed by atoms with Gasteiger partial charge < -0.3 is 0 Å². The Hall–Kier alpha value is -2.37. The molecule has 0 aromatic heterocycles. The van der Waals surface area contributed by atoms with Crippen molar-refractivity contribution < 1.29 is 0 Å². The average Bonchev–Trinajstić information content (AvgIpc) is 3.21. The van der Waals surface area contributed by atoms with Crippen LogP contribution in [0.1, 0.15) is 27.7 Å². The van der Waals surface area contributed by atoms with E-state index in [4.69, 9.17) is 0 Å². The molecule has 2 aliphatic heterocycles. The van der Waals surface area contributed by atoms with Crippen molar-refractivity contribution in [1.29, 1.82) is 0 Å². The Bertz CT molecular complexity index is 1260. The van der Waals surface area contributed by atoms with Gasteiger partial charge in [-0.1, -0.05) is 97.1 Å². The van der Waals surface area contributed by atoms with Crippen molar-refractivity contribution in [3.8, 4) is 11.1 Å². The lowest BCUT2D eigenvalue weighted by Gasteiger charge is -2.52. The van der Waals surface area contributed by atoms with Crippen LogP contribution in [0.15, 0.2) is 84.9 Å². The Morgan fingerprint density at radius 1 is 0.567 bits per heavy atom. The van der Waals surface area contributed by atoms with Gasteiger partial charge in [-0.25, -0.2) is 0 Å². The minimum Gasteiger partial charge on any atom is -0.149 e. The summed E-state index contributed by atoms with van der Waals surface area (Å²) in [6, 6.07) is 32.8. The maximum atomic E-state index is 2.51. The fraction of sp³-hybridized carbons (Fsp3) is 0.214. The third-order valence-corrected chi connectivity index (χ3v) is 15.0. The van der Waals surface area contributed by atoms with E-state index in [9.17, 15) is 0 Å². The molecule has 148 valence electrons. The van der Waals surface area contributed by atoms with Crippen LogP contribution in [0.3, 0.4) is 0 Å². The van der Waals surface area contributed by atoms with E-state index >= 15 is 0 Å². The van der Waals surface area contributed by atoms with Crippen LogP contribution in [0, 0.1) is 0 Å². The van der Waals surface area contributed by atoms with Crippen LogP contribution < -0.4 is 21.7 Å². The molecule has 0 fully saturated rings. The zero-order valence-corrected chi connectivity index (χ0v) is 19.2. The second-order valence-corrected chi connectivity index (χ2v) is 14.7. The van der Waals surface area contributed by atoms with Crippen LogP contribution in [0.5, 0.6) is 0 Å². The highest BCUT2D eigenvalue weighted by molar-refractivity contribution is 8.20. The molecule has 30 heavy (non-hydrogen) atoms. The summed E-state index contributed by atoms with van der Waals surface area (Å²) in [4.78, 5) is 0. The molecule has 4 aromatic carbocycles. The second kappa shape index (κ2) is 6.08. The summed E-state index contributed by atoms with van der Waals surface area (Å²) < 4.78 is 0. The fourth-order valence-electron chi connectivity index (χ4n) is 7.68. The van der Waals surface area contributed by atoms with E-state index in [1.54, 1.807) is 27.1 Å². The first kappa shape index (κ1) is 18.4. The fourth-order valence-corrected chi connectivity index (χ4v) is 15.2. The van der Waals surface area contributed by atoms with Gasteiger partial charge in [0.1, 0.15) is 0 Å². The SMILES string of the molecule is CC(C)[P+]1(C(C)C)c2cccc3cccc(c23)[B-]12c1ccccc1-c1ccccc12. The summed E-state index contributed by atoms with van der Waals surface area (Å²) in [7, 11) is -1.63. The molecule has 0 N–H and O–H groups in total. The van der Waals surface area contributed by atoms with Crippen LogP contribution in [0.4, 0.5) is 0 Å². The van der Waals surface area contributed by atoms with E-state index in [0.717, 1.165) is 0 Å². The maximum absolute atomic E-state index is 2.51. The summed E-state index contributed by atoms with van der Waals surface area (Å²) >= 11 is 0. The number of hydrogen-bond donors (Lipinski definition) is 0. The van der Waals surface area contributed by atoms with Crippen molar-refractivity contribution >= 4 is 45.5 Å². The minimum absolute atomic E-state index is 0.620. The maximum Gasteiger partial charge on any atom is 0.254 e. The summed E-state index contributed by atoms with van der Waals surface area (Å²) in [6.45, 7) is 10.0. The lowest BCUT2D eigenvalue weighted by atomic mass is 9.36. The summed E-state index contributed by atoms with van der Waals surface area (Å²) in [5.41, 5.74) is 8.96. The van der Waals surface area contributed by atoms with E-state index in [2.05, 4.69) is 113 Å². The molecule has 2 heterocycles. The molecule has 0 saturated carbocycles. The largest absolute Gasteiger partial charge is 0.254 e. The average molecular weight is 406 g/mol.